The fourth-order valence-corrected chi connectivity index (χ4v) is 5.97. The van der Waals surface area contributed by atoms with E-state index in [0.29, 0.717) is 22.9 Å². The van der Waals surface area contributed by atoms with Gasteiger partial charge in [-0.1, -0.05) is 18.0 Å². The number of unbranched alkanes of at least 4 members (excludes halogenated alkanes) is 1. The van der Waals surface area contributed by atoms with Crippen LogP contribution in [-0.4, -0.2) is 20.3 Å². The summed E-state index contributed by atoms with van der Waals surface area (Å²) in [7, 11) is 0. The molecule has 3 atom stereocenters. The summed E-state index contributed by atoms with van der Waals surface area (Å²) < 4.78 is 2.32. The zero-order valence-corrected chi connectivity index (χ0v) is 17.3. The van der Waals surface area contributed by atoms with Crippen molar-refractivity contribution >= 4 is 28.5 Å². The second-order valence-corrected chi connectivity index (χ2v) is 9.73. The summed E-state index contributed by atoms with van der Waals surface area (Å²) in [4.78, 5) is 21.8. The molecule has 3 saturated carbocycles. The van der Waals surface area contributed by atoms with Crippen molar-refractivity contribution in [3.8, 4) is 0 Å². The van der Waals surface area contributed by atoms with Crippen LogP contribution in [0, 0.1) is 17.8 Å². The Hall–Kier alpha value is -1.42. The monoisotopic (exact) mass is 399 g/mol. The first-order valence-corrected chi connectivity index (χ1v) is 11.6. The molecule has 0 saturated heterocycles. The van der Waals surface area contributed by atoms with Crippen LogP contribution in [0.1, 0.15) is 82.5 Å². The normalized spacial score (nSPS) is 26.8. The highest BCUT2D eigenvalue weighted by atomic mass is 35.5. The maximum atomic E-state index is 12.5. The molecule has 3 unspecified atom stereocenters. The van der Waals surface area contributed by atoms with Crippen LogP contribution in [0.5, 0.6) is 0 Å². The fraction of sp³-hybridized carbons (Fsp3) is 0.696. The minimum Gasteiger partial charge on any atom is -0.310 e. The Balaban J connectivity index is 1.16. The quantitative estimate of drug-likeness (QED) is 0.409. The predicted octanol–water partition coefficient (Wildman–Crippen LogP) is 5.92. The predicted molar refractivity (Wildman–Crippen MR) is 112 cm³/mol. The second-order valence-electron chi connectivity index (χ2n) is 9.34. The standard InChI is InChI=1S/C23H30ClN3O/c24-21-11-10-20-23(26-21)27(18-4-3-5-18)22(25-20)7-2-1-6-19(28)14-17-13-15-8-9-16(17)12-15/h10-11,15-18H,1-9,12-14H2. The molecule has 0 aliphatic heterocycles. The molecule has 5 rings (SSSR count). The van der Waals surface area contributed by atoms with E-state index >= 15 is 0 Å². The van der Waals surface area contributed by atoms with Crippen LogP contribution in [0.2, 0.25) is 5.15 Å². The number of carbonyl (C=O) groups excluding carboxylic acids is 1. The molecule has 2 aromatic heterocycles. The van der Waals surface area contributed by atoms with Gasteiger partial charge in [0.1, 0.15) is 22.3 Å². The van der Waals surface area contributed by atoms with Crippen LogP contribution < -0.4 is 0 Å². The lowest BCUT2D eigenvalue weighted by Crippen LogP contribution is -2.19. The highest BCUT2D eigenvalue weighted by molar-refractivity contribution is 6.29. The minimum atomic E-state index is 0.485. The number of halogens is 1. The van der Waals surface area contributed by atoms with Gasteiger partial charge in [0.05, 0.1) is 0 Å². The number of aromatic nitrogens is 3. The third-order valence-corrected chi connectivity index (χ3v) is 7.71. The van der Waals surface area contributed by atoms with E-state index < -0.39 is 0 Å². The van der Waals surface area contributed by atoms with E-state index in [9.17, 15) is 4.79 Å². The molecule has 5 heteroatoms. The molecule has 0 radical (unpaired) electrons. The Kier molecular flexibility index (Phi) is 5.17. The average molecular weight is 400 g/mol. The van der Waals surface area contributed by atoms with Gasteiger partial charge in [0.25, 0.3) is 0 Å². The number of imidazole rings is 1. The van der Waals surface area contributed by atoms with E-state index in [-0.39, 0.29) is 0 Å². The van der Waals surface area contributed by atoms with Gasteiger partial charge in [0.15, 0.2) is 5.65 Å². The molecule has 0 N–H and O–H groups in total. The molecule has 0 aromatic carbocycles. The Morgan fingerprint density at radius 1 is 1.11 bits per heavy atom. The van der Waals surface area contributed by atoms with Crippen LogP contribution in [0.3, 0.4) is 0 Å². The van der Waals surface area contributed by atoms with E-state index in [1.54, 1.807) is 0 Å². The van der Waals surface area contributed by atoms with Crippen molar-refractivity contribution < 1.29 is 4.79 Å². The van der Waals surface area contributed by atoms with Gasteiger partial charge in [-0.15, -0.1) is 0 Å². The number of carbonyl (C=O) groups is 1. The summed E-state index contributed by atoms with van der Waals surface area (Å²) in [6.45, 7) is 0. The molecule has 3 aliphatic rings. The number of aryl methyl sites for hydroxylation is 1. The third-order valence-electron chi connectivity index (χ3n) is 7.50. The molecule has 3 aliphatic carbocycles. The van der Waals surface area contributed by atoms with E-state index in [1.807, 2.05) is 12.1 Å². The van der Waals surface area contributed by atoms with Gasteiger partial charge in [0, 0.05) is 25.3 Å². The summed E-state index contributed by atoms with van der Waals surface area (Å²) in [6.07, 6.45) is 13.7. The van der Waals surface area contributed by atoms with Gasteiger partial charge in [-0.3, -0.25) is 4.79 Å². The van der Waals surface area contributed by atoms with Crippen LogP contribution in [0.25, 0.3) is 11.2 Å². The summed E-state index contributed by atoms with van der Waals surface area (Å²) in [6, 6.07) is 4.31. The van der Waals surface area contributed by atoms with Gasteiger partial charge in [-0.05, 0) is 81.3 Å². The van der Waals surface area contributed by atoms with E-state index in [4.69, 9.17) is 16.6 Å². The number of pyridine rings is 1. The smallest absolute Gasteiger partial charge is 0.161 e. The molecule has 3 fully saturated rings. The Labute approximate surface area is 172 Å². The van der Waals surface area contributed by atoms with Crippen molar-refractivity contribution in [3.63, 3.8) is 0 Å². The Morgan fingerprint density at radius 3 is 2.71 bits per heavy atom. The SMILES string of the molecule is O=C(CCCCc1nc2ccc(Cl)nc2n1C1CCC1)CC1CC2CCC1C2. The number of fused-ring (bicyclic) bond motifs is 3. The molecule has 2 bridgehead atoms. The first kappa shape index (κ1) is 18.6. The largest absolute Gasteiger partial charge is 0.310 e. The molecule has 2 heterocycles. The Morgan fingerprint density at radius 2 is 2.00 bits per heavy atom. The molecule has 4 nitrogen and oxygen atoms in total. The maximum absolute atomic E-state index is 12.5. The summed E-state index contributed by atoms with van der Waals surface area (Å²) >= 11 is 6.13. The number of hydrogen-bond donors (Lipinski definition) is 0. The van der Waals surface area contributed by atoms with E-state index in [0.717, 1.165) is 60.9 Å². The van der Waals surface area contributed by atoms with Gasteiger partial charge >= 0.3 is 0 Å². The summed E-state index contributed by atoms with van der Waals surface area (Å²) in [5, 5.41) is 0.533. The number of rotatable bonds is 8. The minimum absolute atomic E-state index is 0.485. The lowest BCUT2D eigenvalue weighted by molar-refractivity contribution is -0.120. The van der Waals surface area contributed by atoms with Crippen LogP contribution in [-0.2, 0) is 11.2 Å². The topological polar surface area (TPSA) is 47.8 Å². The van der Waals surface area contributed by atoms with Crippen LogP contribution in [0.4, 0.5) is 0 Å². The number of Topliss-reactive ketones (excluding diaryl/α,β-unsaturated/α-hetero) is 1. The molecule has 0 spiro atoms. The molecule has 28 heavy (non-hydrogen) atoms. The molecule has 0 amide bonds. The van der Waals surface area contributed by atoms with E-state index in [2.05, 4.69) is 9.55 Å². The van der Waals surface area contributed by atoms with Crippen molar-refractivity contribution in [2.75, 3.05) is 0 Å². The van der Waals surface area contributed by atoms with Crippen molar-refractivity contribution in [3.05, 3.63) is 23.1 Å². The zero-order valence-electron chi connectivity index (χ0n) is 16.6. The first-order valence-electron chi connectivity index (χ1n) is 11.2. The van der Waals surface area contributed by atoms with Gasteiger partial charge < -0.3 is 4.57 Å². The van der Waals surface area contributed by atoms with Crippen molar-refractivity contribution in [2.24, 2.45) is 17.8 Å². The number of nitrogens with zero attached hydrogens (tertiary/aromatic N) is 3. The maximum Gasteiger partial charge on any atom is 0.161 e. The third kappa shape index (κ3) is 3.60. The lowest BCUT2D eigenvalue weighted by Gasteiger charge is -2.28. The molecule has 2 aromatic rings. The van der Waals surface area contributed by atoms with Crippen LogP contribution >= 0.6 is 11.6 Å². The average Bonchev–Trinajstić information content (AvgIpc) is 3.33. The number of hydrogen-bond acceptors (Lipinski definition) is 3. The highest BCUT2D eigenvalue weighted by Gasteiger charge is 2.39. The van der Waals surface area contributed by atoms with E-state index in [1.165, 1.54) is 44.9 Å². The lowest BCUT2D eigenvalue weighted by atomic mass is 9.84. The van der Waals surface area contributed by atoms with Gasteiger partial charge in [-0.2, -0.15) is 0 Å². The summed E-state index contributed by atoms with van der Waals surface area (Å²) in [5.41, 5.74) is 1.87. The van der Waals surface area contributed by atoms with Gasteiger partial charge in [-0.25, -0.2) is 9.97 Å². The van der Waals surface area contributed by atoms with Crippen molar-refractivity contribution in [1.82, 2.24) is 14.5 Å². The zero-order chi connectivity index (χ0) is 19.1. The highest BCUT2D eigenvalue weighted by Crippen LogP contribution is 2.49. The summed E-state index contributed by atoms with van der Waals surface area (Å²) in [5.74, 6) is 4.10. The van der Waals surface area contributed by atoms with Crippen molar-refractivity contribution in [1.29, 1.82) is 0 Å². The first-order chi connectivity index (χ1) is 13.7. The molecular weight excluding hydrogens is 370 g/mol. The number of ketones is 1. The molecular formula is C23H30ClN3O. The fourth-order valence-electron chi connectivity index (χ4n) is 5.83. The van der Waals surface area contributed by atoms with Crippen molar-refractivity contribution in [2.45, 2.75) is 83.1 Å². The molecule has 150 valence electrons. The second kappa shape index (κ2) is 7.78. The Bertz CT molecular complexity index is 872. The van der Waals surface area contributed by atoms with Crippen LogP contribution in [0.15, 0.2) is 12.1 Å². The van der Waals surface area contributed by atoms with Gasteiger partial charge in [0.2, 0.25) is 0 Å².